The highest BCUT2D eigenvalue weighted by atomic mass is 16.3. The highest BCUT2D eigenvalue weighted by molar-refractivity contribution is 5.14. The molecule has 1 N–H and O–H groups in total. The fourth-order valence-corrected chi connectivity index (χ4v) is 1.88. The van der Waals surface area contributed by atoms with Gasteiger partial charge in [0.1, 0.15) is 0 Å². The molecule has 0 radical (unpaired) electrons. The summed E-state index contributed by atoms with van der Waals surface area (Å²) in [6, 6.07) is 10.4. The molecular formula is C14H23NO. The fraction of sp³-hybridized carbons (Fsp3) is 0.571. The van der Waals surface area contributed by atoms with Crippen LogP contribution in [0.15, 0.2) is 30.3 Å². The van der Waals surface area contributed by atoms with Crippen molar-refractivity contribution in [2.45, 2.75) is 26.8 Å². The van der Waals surface area contributed by atoms with Gasteiger partial charge in [-0.2, -0.15) is 0 Å². The van der Waals surface area contributed by atoms with Gasteiger partial charge in [-0.25, -0.2) is 0 Å². The van der Waals surface area contributed by atoms with Crippen LogP contribution in [0, 0.1) is 5.41 Å². The quantitative estimate of drug-likeness (QED) is 0.798. The Balaban J connectivity index is 2.50. The molecule has 1 aromatic rings. The molecule has 0 fully saturated rings. The molecule has 0 aliphatic carbocycles. The smallest absolute Gasteiger partial charge is 0.0496 e. The standard InChI is InChI=1S/C14H23NO/c1-4-14(2,12-16)11-15(3)10-13-8-6-5-7-9-13/h5-9,16H,4,10-12H2,1-3H3. The van der Waals surface area contributed by atoms with Gasteiger partial charge in [-0.3, -0.25) is 0 Å². The van der Waals surface area contributed by atoms with Gasteiger partial charge < -0.3 is 10.0 Å². The van der Waals surface area contributed by atoms with Crippen molar-refractivity contribution >= 4 is 0 Å². The molecule has 1 atom stereocenters. The number of nitrogens with zero attached hydrogens (tertiary/aromatic N) is 1. The predicted molar refractivity (Wildman–Crippen MR) is 68.3 cm³/mol. The lowest BCUT2D eigenvalue weighted by molar-refractivity contribution is 0.0930. The second-order valence-corrected chi connectivity index (χ2v) is 4.98. The molecule has 1 aromatic carbocycles. The van der Waals surface area contributed by atoms with Crippen molar-refractivity contribution < 1.29 is 5.11 Å². The molecule has 16 heavy (non-hydrogen) atoms. The van der Waals surface area contributed by atoms with Gasteiger partial charge in [0.2, 0.25) is 0 Å². The summed E-state index contributed by atoms with van der Waals surface area (Å²) in [6.07, 6.45) is 1.00. The third-order valence-corrected chi connectivity index (χ3v) is 3.18. The average Bonchev–Trinajstić information content (AvgIpc) is 2.30. The van der Waals surface area contributed by atoms with Gasteiger partial charge >= 0.3 is 0 Å². The van der Waals surface area contributed by atoms with Crippen molar-refractivity contribution in [2.24, 2.45) is 5.41 Å². The zero-order valence-corrected chi connectivity index (χ0v) is 10.6. The summed E-state index contributed by atoms with van der Waals surface area (Å²) in [5, 5.41) is 9.37. The first-order chi connectivity index (χ1) is 7.59. The lowest BCUT2D eigenvalue weighted by Gasteiger charge is -2.31. The lowest BCUT2D eigenvalue weighted by Crippen LogP contribution is -2.35. The molecule has 2 heteroatoms. The maximum Gasteiger partial charge on any atom is 0.0496 e. The fourth-order valence-electron chi connectivity index (χ4n) is 1.88. The van der Waals surface area contributed by atoms with E-state index in [9.17, 15) is 5.11 Å². The first-order valence-corrected chi connectivity index (χ1v) is 5.93. The van der Waals surface area contributed by atoms with E-state index in [0.29, 0.717) is 0 Å². The monoisotopic (exact) mass is 221 g/mol. The highest BCUT2D eigenvalue weighted by Gasteiger charge is 2.22. The van der Waals surface area contributed by atoms with E-state index in [0.717, 1.165) is 19.5 Å². The first-order valence-electron chi connectivity index (χ1n) is 5.93. The molecule has 0 aliphatic heterocycles. The summed E-state index contributed by atoms with van der Waals surface area (Å²) in [5.41, 5.74) is 1.34. The number of benzene rings is 1. The van der Waals surface area contributed by atoms with Gasteiger partial charge in [-0.1, -0.05) is 44.2 Å². The van der Waals surface area contributed by atoms with E-state index in [1.165, 1.54) is 5.56 Å². The van der Waals surface area contributed by atoms with Crippen molar-refractivity contribution in [3.63, 3.8) is 0 Å². The van der Waals surface area contributed by atoms with Crippen LogP contribution in [-0.2, 0) is 6.54 Å². The Labute approximate surface area is 98.9 Å². The van der Waals surface area contributed by atoms with Crippen LogP contribution in [0.25, 0.3) is 0 Å². The van der Waals surface area contributed by atoms with Crippen molar-refractivity contribution in [1.82, 2.24) is 4.90 Å². The van der Waals surface area contributed by atoms with Crippen molar-refractivity contribution in [1.29, 1.82) is 0 Å². The Hall–Kier alpha value is -0.860. The van der Waals surface area contributed by atoms with Crippen molar-refractivity contribution in [2.75, 3.05) is 20.2 Å². The SMILES string of the molecule is CCC(C)(CO)CN(C)Cc1ccccc1. The number of aliphatic hydroxyl groups excluding tert-OH is 1. The molecule has 0 spiro atoms. The maximum atomic E-state index is 9.37. The highest BCUT2D eigenvalue weighted by Crippen LogP contribution is 2.21. The van der Waals surface area contributed by atoms with E-state index in [1.54, 1.807) is 0 Å². The average molecular weight is 221 g/mol. The summed E-state index contributed by atoms with van der Waals surface area (Å²) in [5.74, 6) is 0. The van der Waals surface area contributed by atoms with Gasteiger partial charge in [0, 0.05) is 25.1 Å². The molecule has 0 amide bonds. The zero-order chi connectivity index (χ0) is 12.0. The van der Waals surface area contributed by atoms with Gasteiger partial charge in [0.15, 0.2) is 0 Å². The molecular weight excluding hydrogens is 198 g/mol. The Morgan fingerprint density at radius 2 is 1.88 bits per heavy atom. The normalized spacial score (nSPS) is 15.1. The van der Waals surface area contributed by atoms with Crippen molar-refractivity contribution in [3.05, 3.63) is 35.9 Å². The molecule has 0 saturated carbocycles. The largest absolute Gasteiger partial charge is 0.396 e. The molecule has 0 aromatic heterocycles. The number of hydrogen-bond donors (Lipinski definition) is 1. The van der Waals surface area contributed by atoms with E-state index in [4.69, 9.17) is 0 Å². The van der Waals surface area contributed by atoms with Gasteiger partial charge in [-0.15, -0.1) is 0 Å². The number of aliphatic hydroxyl groups is 1. The number of hydrogen-bond acceptors (Lipinski definition) is 2. The third kappa shape index (κ3) is 3.95. The summed E-state index contributed by atoms with van der Waals surface area (Å²) < 4.78 is 0. The molecule has 0 heterocycles. The second kappa shape index (κ2) is 6.02. The Kier molecular flexibility index (Phi) is 4.97. The van der Waals surface area contributed by atoms with Crippen LogP contribution >= 0.6 is 0 Å². The van der Waals surface area contributed by atoms with Crippen LogP contribution in [0.5, 0.6) is 0 Å². The summed E-state index contributed by atoms with van der Waals surface area (Å²) in [6.45, 7) is 6.38. The molecule has 0 bridgehead atoms. The molecule has 1 unspecified atom stereocenters. The van der Waals surface area contributed by atoms with E-state index >= 15 is 0 Å². The van der Waals surface area contributed by atoms with Gasteiger partial charge in [-0.05, 0) is 19.0 Å². The molecule has 0 aliphatic rings. The van der Waals surface area contributed by atoms with Gasteiger partial charge in [0.05, 0.1) is 0 Å². The lowest BCUT2D eigenvalue weighted by atomic mass is 9.88. The molecule has 0 saturated heterocycles. The maximum absolute atomic E-state index is 9.37. The van der Waals surface area contributed by atoms with Crippen LogP contribution in [0.3, 0.4) is 0 Å². The minimum Gasteiger partial charge on any atom is -0.396 e. The first kappa shape index (κ1) is 13.2. The van der Waals surface area contributed by atoms with Crippen LogP contribution in [0.1, 0.15) is 25.8 Å². The van der Waals surface area contributed by atoms with Crippen LogP contribution in [0.4, 0.5) is 0 Å². The summed E-state index contributed by atoms with van der Waals surface area (Å²) in [7, 11) is 2.11. The third-order valence-electron chi connectivity index (χ3n) is 3.18. The Bertz CT molecular complexity index is 293. The van der Waals surface area contributed by atoms with E-state index in [-0.39, 0.29) is 12.0 Å². The molecule has 90 valence electrons. The molecule has 1 rings (SSSR count). The van der Waals surface area contributed by atoms with Gasteiger partial charge in [0.25, 0.3) is 0 Å². The van der Waals surface area contributed by atoms with Crippen LogP contribution in [0.2, 0.25) is 0 Å². The van der Waals surface area contributed by atoms with Crippen molar-refractivity contribution in [3.8, 4) is 0 Å². The minimum atomic E-state index is 0.0174. The Morgan fingerprint density at radius 3 is 2.38 bits per heavy atom. The summed E-state index contributed by atoms with van der Waals surface area (Å²) >= 11 is 0. The van der Waals surface area contributed by atoms with E-state index < -0.39 is 0 Å². The topological polar surface area (TPSA) is 23.5 Å². The van der Waals surface area contributed by atoms with Crippen LogP contribution < -0.4 is 0 Å². The zero-order valence-electron chi connectivity index (χ0n) is 10.6. The predicted octanol–water partition coefficient (Wildman–Crippen LogP) is 2.53. The number of rotatable bonds is 6. The van der Waals surface area contributed by atoms with E-state index in [1.807, 2.05) is 6.07 Å². The Morgan fingerprint density at radius 1 is 1.25 bits per heavy atom. The summed E-state index contributed by atoms with van der Waals surface area (Å²) in [4.78, 5) is 2.27. The van der Waals surface area contributed by atoms with E-state index in [2.05, 4.69) is 50.1 Å². The molecule has 2 nitrogen and oxygen atoms in total. The second-order valence-electron chi connectivity index (χ2n) is 4.98. The van der Waals surface area contributed by atoms with Crippen LogP contribution in [-0.4, -0.2) is 30.2 Å². The minimum absolute atomic E-state index is 0.0174.